The number of nitrogens with zero attached hydrogens (tertiary/aromatic N) is 1. The van der Waals surface area contributed by atoms with Gasteiger partial charge in [-0.05, 0) is 38.8 Å². The van der Waals surface area contributed by atoms with E-state index in [1.54, 1.807) is 0 Å². The van der Waals surface area contributed by atoms with Gasteiger partial charge in [0.2, 0.25) is 0 Å². The SMILES string of the molecule is CCC[C@@H]1CCCN(C)C1. The molecule has 0 aliphatic carbocycles. The number of rotatable bonds is 2. The van der Waals surface area contributed by atoms with Crippen molar-refractivity contribution in [3.63, 3.8) is 0 Å². The fourth-order valence-corrected chi connectivity index (χ4v) is 1.92. The van der Waals surface area contributed by atoms with Crippen molar-refractivity contribution in [3.05, 3.63) is 0 Å². The zero-order valence-electron chi connectivity index (χ0n) is 7.27. The predicted molar refractivity (Wildman–Crippen MR) is 45.1 cm³/mol. The Bertz CT molecular complexity index is 88.7. The van der Waals surface area contributed by atoms with Gasteiger partial charge in [0, 0.05) is 6.54 Å². The topological polar surface area (TPSA) is 3.24 Å². The molecule has 0 radical (unpaired) electrons. The van der Waals surface area contributed by atoms with E-state index in [1.165, 1.54) is 38.8 Å². The summed E-state index contributed by atoms with van der Waals surface area (Å²) in [7, 11) is 2.24. The first-order chi connectivity index (χ1) is 4.83. The molecule has 0 amide bonds. The lowest BCUT2D eigenvalue weighted by atomic mass is 9.94. The van der Waals surface area contributed by atoms with Crippen molar-refractivity contribution in [1.82, 2.24) is 4.90 Å². The Labute approximate surface area is 64.4 Å². The van der Waals surface area contributed by atoms with Crippen LogP contribution in [0, 0.1) is 5.92 Å². The van der Waals surface area contributed by atoms with Gasteiger partial charge in [-0.2, -0.15) is 0 Å². The molecule has 0 bridgehead atoms. The third-order valence-corrected chi connectivity index (χ3v) is 2.42. The molecule has 0 aromatic carbocycles. The van der Waals surface area contributed by atoms with Crippen molar-refractivity contribution in [2.45, 2.75) is 32.6 Å². The van der Waals surface area contributed by atoms with Gasteiger partial charge < -0.3 is 4.90 Å². The van der Waals surface area contributed by atoms with Gasteiger partial charge in [-0.25, -0.2) is 0 Å². The van der Waals surface area contributed by atoms with E-state index in [4.69, 9.17) is 0 Å². The molecule has 0 aromatic heterocycles. The van der Waals surface area contributed by atoms with Gasteiger partial charge >= 0.3 is 0 Å². The van der Waals surface area contributed by atoms with Gasteiger partial charge in [-0.15, -0.1) is 0 Å². The Hall–Kier alpha value is -0.0400. The fourth-order valence-electron chi connectivity index (χ4n) is 1.92. The molecule has 1 saturated heterocycles. The summed E-state index contributed by atoms with van der Waals surface area (Å²) in [4.78, 5) is 2.46. The van der Waals surface area contributed by atoms with Crippen molar-refractivity contribution in [2.75, 3.05) is 20.1 Å². The van der Waals surface area contributed by atoms with E-state index in [-0.39, 0.29) is 0 Å². The van der Waals surface area contributed by atoms with Crippen LogP contribution in [-0.2, 0) is 0 Å². The van der Waals surface area contributed by atoms with Crippen LogP contribution in [0.25, 0.3) is 0 Å². The van der Waals surface area contributed by atoms with E-state index in [9.17, 15) is 0 Å². The van der Waals surface area contributed by atoms with Crippen LogP contribution in [0.15, 0.2) is 0 Å². The van der Waals surface area contributed by atoms with Gasteiger partial charge in [0.15, 0.2) is 0 Å². The molecule has 1 aliphatic heterocycles. The monoisotopic (exact) mass is 141 g/mol. The molecule has 0 aromatic rings. The molecule has 1 nitrogen and oxygen atoms in total. The average Bonchev–Trinajstić information content (AvgIpc) is 1.88. The smallest absolute Gasteiger partial charge is 0.000661 e. The van der Waals surface area contributed by atoms with Gasteiger partial charge in [-0.3, -0.25) is 0 Å². The molecular weight excluding hydrogens is 122 g/mol. The molecule has 60 valence electrons. The summed E-state index contributed by atoms with van der Waals surface area (Å²) in [6, 6.07) is 0. The second-order valence-corrected chi connectivity index (χ2v) is 3.56. The first kappa shape index (κ1) is 8.06. The first-order valence-electron chi connectivity index (χ1n) is 4.51. The lowest BCUT2D eigenvalue weighted by molar-refractivity contribution is 0.201. The highest BCUT2D eigenvalue weighted by Crippen LogP contribution is 2.19. The van der Waals surface area contributed by atoms with E-state index in [2.05, 4.69) is 18.9 Å². The largest absolute Gasteiger partial charge is 0.306 e. The number of piperidine rings is 1. The molecule has 1 heterocycles. The molecule has 0 N–H and O–H groups in total. The molecule has 0 unspecified atom stereocenters. The Kier molecular flexibility index (Phi) is 3.20. The van der Waals surface area contributed by atoms with E-state index < -0.39 is 0 Å². The van der Waals surface area contributed by atoms with Crippen LogP contribution in [0.2, 0.25) is 0 Å². The maximum atomic E-state index is 2.46. The molecule has 1 aliphatic rings. The lowest BCUT2D eigenvalue weighted by Gasteiger charge is -2.29. The van der Waals surface area contributed by atoms with Crippen molar-refractivity contribution in [3.8, 4) is 0 Å². The lowest BCUT2D eigenvalue weighted by Crippen LogP contribution is -2.31. The van der Waals surface area contributed by atoms with Crippen LogP contribution in [0.4, 0.5) is 0 Å². The van der Waals surface area contributed by atoms with Crippen molar-refractivity contribution < 1.29 is 0 Å². The summed E-state index contributed by atoms with van der Waals surface area (Å²) >= 11 is 0. The Balaban J connectivity index is 2.18. The fraction of sp³-hybridized carbons (Fsp3) is 1.00. The zero-order chi connectivity index (χ0) is 7.40. The van der Waals surface area contributed by atoms with Crippen LogP contribution in [-0.4, -0.2) is 25.0 Å². The van der Waals surface area contributed by atoms with E-state index in [1.807, 2.05) is 0 Å². The van der Waals surface area contributed by atoms with Crippen LogP contribution in [0.5, 0.6) is 0 Å². The Morgan fingerprint density at radius 2 is 2.30 bits per heavy atom. The van der Waals surface area contributed by atoms with Crippen molar-refractivity contribution in [2.24, 2.45) is 5.92 Å². The van der Waals surface area contributed by atoms with Gasteiger partial charge in [0.25, 0.3) is 0 Å². The second-order valence-electron chi connectivity index (χ2n) is 3.56. The zero-order valence-corrected chi connectivity index (χ0v) is 7.27. The van der Waals surface area contributed by atoms with E-state index in [0.717, 1.165) is 5.92 Å². The second kappa shape index (κ2) is 3.97. The van der Waals surface area contributed by atoms with Crippen LogP contribution >= 0.6 is 0 Å². The molecule has 1 fully saturated rings. The van der Waals surface area contributed by atoms with E-state index in [0.29, 0.717) is 0 Å². The highest BCUT2D eigenvalue weighted by molar-refractivity contribution is 4.69. The predicted octanol–water partition coefficient (Wildman–Crippen LogP) is 2.13. The van der Waals surface area contributed by atoms with Crippen LogP contribution in [0.1, 0.15) is 32.6 Å². The minimum Gasteiger partial charge on any atom is -0.306 e. The third-order valence-electron chi connectivity index (χ3n) is 2.42. The molecule has 0 saturated carbocycles. The number of likely N-dealkylation sites (tertiary alicyclic amines) is 1. The Morgan fingerprint density at radius 1 is 1.50 bits per heavy atom. The summed E-state index contributed by atoms with van der Waals surface area (Å²) in [5.74, 6) is 1.00. The minimum absolute atomic E-state index is 1.00. The third kappa shape index (κ3) is 2.30. The standard InChI is InChI=1S/C9H19N/c1-3-5-9-6-4-7-10(2)8-9/h9H,3-8H2,1-2H3/t9-/m1/s1. The summed E-state index contributed by atoms with van der Waals surface area (Å²) in [6.07, 6.45) is 5.68. The first-order valence-corrected chi connectivity index (χ1v) is 4.51. The minimum atomic E-state index is 1.00. The van der Waals surface area contributed by atoms with Crippen molar-refractivity contribution >= 4 is 0 Å². The summed E-state index contributed by atoms with van der Waals surface area (Å²) in [6.45, 7) is 4.95. The molecule has 1 heteroatoms. The van der Waals surface area contributed by atoms with Gasteiger partial charge in [0.1, 0.15) is 0 Å². The maximum Gasteiger partial charge on any atom is 0.000661 e. The highest BCUT2D eigenvalue weighted by atomic mass is 15.1. The normalized spacial score (nSPS) is 28.8. The van der Waals surface area contributed by atoms with Crippen molar-refractivity contribution in [1.29, 1.82) is 0 Å². The summed E-state index contributed by atoms with van der Waals surface area (Å²) in [5, 5.41) is 0. The van der Waals surface area contributed by atoms with E-state index >= 15 is 0 Å². The van der Waals surface area contributed by atoms with Gasteiger partial charge in [0.05, 0.1) is 0 Å². The quantitative estimate of drug-likeness (QED) is 0.569. The van der Waals surface area contributed by atoms with Crippen LogP contribution in [0.3, 0.4) is 0 Å². The summed E-state index contributed by atoms with van der Waals surface area (Å²) in [5.41, 5.74) is 0. The maximum absolute atomic E-state index is 2.46. The highest BCUT2D eigenvalue weighted by Gasteiger charge is 2.15. The molecule has 1 atom stereocenters. The number of hydrogen-bond donors (Lipinski definition) is 0. The Morgan fingerprint density at radius 3 is 2.90 bits per heavy atom. The molecule has 10 heavy (non-hydrogen) atoms. The molecule has 0 spiro atoms. The van der Waals surface area contributed by atoms with Gasteiger partial charge in [-0.1, -0.05) is 13.3 Å². The molecular formula is C9H19N. The average molecular weight is 141 g/mol. The number of hydrogen-bond acceptors (Lipinski definition) is 1. The summed E-state index contributed by atoms with van der Waals surface area (Å²) < 4.78 is 0. The molecule has 1 rings (SSSR count). The van der Waals surface area contributed by atoms with Crippen LogP contribution < -0.4 is 0 Å².